The van der Waals surface area contributed by atoms with Gasteiger partial charge in [-0.25, -0.2) is 8.42 Å². The molecule has 2 amide bonds. The van der Waals surface area contributed by atoms with Crippen LogP contribution in [0.5, 0.6) is 0 Å². The van der Waals surface area contributed by atoms with Gasteiger partial charge in [0.25, 0.3) is 0 Å². The van der Waals surface area contributed by atoms with Crippen molar-refractivity contribution in [3.63, 3.8) is 0 Å². The number of halogens is 4. The monoisotopic (exact) mass is 595 g/mol. The number of rotatable bonds is 12. The van der Waals surface area contributed by atoms with E-state index < -0.39 is 16.1 Å². The Bertz CT molecular complexity index is 1190. The number of nitrogens with one attached hydrogen (secondary N) is 1. The van der Waals surface area contributed by atoms with Crippen LogP contribution in [0.1, 0.15) is 38.7 Å². The van der Waals surface area contributed by atoms with E-state index in [0.717, 1.165) is 17.0 Å². The fourth-order valence-electron chi connectivity index (χ4n) is 3.47. The first kappa shape index (κ1) is 30.5. The number of amides is 2. The van der Waals surface area contributed by atoms with Gasteiger partial charge in [-0.2, -0.15) is 0 Å². The highest BCUT2D eigenvalue weighted by Crippen LogP contribution is 2.31. The number of anilines is 1. The fourth-order valence-corrected chi connectivity index (χ4v) is 5.20. The number of carbonyl (C=O) groups excluding carboxylic acids is 2. The van der Waals surface area contributed by atoms with Crippen molar-refractivity contribution in [2.45, 2.75) is 45.7 Å². The predicted molar refractivity (Wildman–Crippen MR) is 148 cm³/mol. The Balaban J connectivity index is 2.21. The minimum atomic E-state index is -3.70. The fraction of sp³-hybridized carbons (Fsp3) is 0.417. The Labute approximate surface area is 232 Å². The molecule has 7 nitrogen and oxygen atoms in total. The first-order chi connectivity index (χ1) is 16.8. The topological polar surface area (TPSA) is 86.8 Å². The SMILES string of the molecule is CCCNC(=O)[C@H](C)N(Cc1ccc(Cl)c(Cl)c1)C(=O)CCCN(c1cc(Cl)ccc1Cl)S(C)(=O)=O. The van der Waals surface area contributed by atoms with Crippen molar-refractivity contribution in [3.05, 3.63) is 62.1 Å². The van der Waals surface area contributed by atoms with Crippen LogP contribution in [0.25, 0.3) is 0 Å². The smallest absolute Gasteiger partial charge is 0.242 e. The molecule has 1 N–H and O–H groups in total. The molecule has 198 valence electrons. The van der Waals surface area contributed by atoms with E-state index in [1.807, 2.05) is 6.92 Å². The largest absolute Gasteiger partial charge is 0.354 e. The van der Waals surface area contributed by atoms with Gasteiger partial charge < -0.3 is 10.2 Å². The first-order valence-corrected chi connectivity index (χ1v) is 14.6. The van der Waals surface area contributed by atoms with Gasteiger partial charge in [0.05, 0.1) is 27.0 Å². The molecule has 0 spiro atoms. The van der Waals surface area contributed by atoms with E-state index in [1.54, 1.807) is 31.2 Å². The summed E-state index contributed by atoms with van der Waals surface area (Å²) in [5, 5.41) is 4.08. The molecule has 0 radical (unpaired) electrons. The summed E-state index contributed by atoms with van der Waals surface area (Å²) in [6.45, 7) is 4.20. The third-order valence-electron chi connectivity index (χ3n) is 5.38. The summed E-state index contributed by atoms with van der Waals surface area (Å²) in [6.07, 6.45) is 2.00. The summed E-state index contributed by atoms with van der Waals surface area (Å²) >= 11 is 24.4. The number of benzene rings is 2. The number of sulfonamides is 1. The Morgan fingerprint density at radius 2 is 1.67 bits per heavy atom. The van der Waals surface area contributed by atoms with Crippen molar-refractivity contribution in [2.75, 3.05) is 23.7 Å². The average molecular weight is 597 g/mol. The molecule has 36 heavy (non-hydrogen) atoms. The summed E-state index contributed by atoms with van der Waals surface area (Å²) in [6, 6.07) is 8.78. The molecular weight excluding hydrogens is 568 g/mol. The van der Waals surface area contributed by atoms with Gasteiger partial charge in [0.2, 0.25) is 21.8 Å². The van der Waals surface area contributed by atoms with Gasteiger partial charge in [0, 0.05) is 31.1 Å². The zero-order valence-electron chi connectivity index (χ0n) is 20.2. The number of carbonyl (C=O) groups is 2. The van der Waals surface area contributed by atoms with E-state index >= 15 is 0 Å². The van der Waals surface area contributed by atoms with E-state index in [0.29, 0.717) is 27.2 Å². The Morgan fingerprint density at radius 3 is 2.28 bits per heavy atom. The number of hydrogen-bond acceptors (Lipinski definition) is 4. The summed E-state index contributed by atoms with van der Waals surface area (Å²) in [4.78, 5) is 27.4. The molecule has 0 aliphatic carbocycles. The average Bonchev–Trinajstić information content (AvgIpc) is 2.81. The molecule has 0 aliphatic rings. The number of hydrogen-bond donors (Lipinski definition) is 1. The van der Waals surface area contributed by atoms with Crippen LogP contribution in [0.2, 0.25) is 20.1 Å². The molecule has 2 rings (SSSR count). The van der Waals surface area contributed by atoms with Gasteiger partial charge in [-0.1, -0.05) is 59.4 Å². The van der Waals surface area contributed by atoms with Crippen LogP contribution >= 0.6 is 46.4 Å². The van der Waals surface area contributed by atoms with Gasteiger partial charge in [-0.05, 0) is 55.7 Å². The molecule has 0 saturated carbocycles. The van der Waals surface area contributed by atoms with Crippen LogP contribution in [0.3, 0.4) is 0 Å². The van der Waals surface area contributed by atoms with Crippen molar-refractivity contribution < 1.29 is 18.0 Å². The van der Waals surface area contributed by atoms with E-state index in [1.165, 1.54) is 17.0 Å². The maximum atomic E-state index is 13.3. The van der Waals surface area contributed by atoms with Gasteiger partial charge in [-0.3, -0.25) is 13.9 Å². The molecule has 0 aromatic heterocycles. The minimum Gasteiger partial charge on any atom is -0.354 e. The van der Waals surface area contributed by atoms with Crippen LogP contribution in [-0.4, -0.2) is 50.5 Å². The van der Waals surface area contributed by atoms with Crippen molar-refractivity contribution in [2.24, 2.45) is 0 Å². The second-order valence-corrected chi connectivity index (χ2v) is 11.8. The Hall–Kier alpha value is -1.71. The highest BCUT2D eigenvalue weighted by Gasteiger charge is 2.27. The molecule has 0 fully saturated rings. The van der Waals surface area contributed by atoms with Crippen molar-refractivity contribution in [3.8, 4) is 0 Å². The standard InChI is InChI=1S/C24H29Cl4N3O4S/c1-4-11-29-24(33)16(2)30(15-17-7-9-19(26)21(28)13-17)23(32)6-5-12-31(36(3,34)35)22-14-18(25)8-10-20(22)27/h7-10,13-14,16H,4-6,11-12,15H2,1-3H3,(H,29,33)/t16-/m0/s1. The molecule has 0 unspecified atom stereocenters. The van der Waals surface area contributed by atoms with E-state index in [-0.39, 0.29) is 48.5 Å². The molecule has 2 aromatic rings. The first-order valence-electron chi connectivity index (χ1n) is 11.3. The zero-order chi connectivity index (χ0) is 27.0. The van der Waals surface area contributed by atoms with Gasteiger partial charge >= 0.3 is 0 Å². The summed E-state index contributed by atoms with van der Waals surface area (Å²) in [5.74, 6) is -0.598. The summed E-state index contributed by atoms with van der Waals surface area (Å²) in [7, 11) is -3.70. The van der Waals surface area contributed by atoms with Gasteiger partial charge in [-0.15, -0.1) is 0 Å². The third kappa shape index (κ3) is 8.70. The lowest BCUT2D eigenvalue weighted by atomic mass is 10.1. The molecule has 0 aliphatic heterocycles. The quantitative estimate of drug-likeness (QED) is 0.336. The molecule has 0 saturated heterocycles. The predicted octanol–water partition coefficient (Wildman–Crippen LogP) is 5.79. The van der Waals surface area contributed by atoms with Crippen LogP contribution in [0.4, 0.5) is 5.69 Å². The van der Waals surface area contributed by atoms with E-state index in [4.69, 9.17) is 46.4 Å². The lowest BCUT2D eigenvalue weighted by Crippen LogP contribution is -2.47. The molecular formula is C24H29Cl4N3O4S. The van der Waals surface area contributed by atoms with Gasteiger partial charge in [0.1, 0.15) is 6.04 Å². The van der Waals surface area contributed by atoms with Crippen LogP contribution in [0, 0.1) is 0 Å². The minimum absolute atomic E-state index is 0.00165. The second kappa shape index (κ2) is 13.7. The molecule has 12 heteroatoms. The number of nitrogens with zero attached hydrogens (tertiary/aromatic N) is 2. The van der Waals surface area contributed by atoms with Gasteiger partial charge in [0.15, 0.2) is 0 Å². The van der Waals surface area contributed by atoms with Crippen LogP contribution < -0.4 is 9.62 Å². The van der Waals surface area contributed by atoms with Crippen molar-refractivity contribution in [1.29, 1.82) is 0 Å². The second-order valence-electron chi connectivity index (χ2n) is 8.27. The molecule has 2 aromatic carbocycles. The molecule has 0 bridgehead atoms. The van der Waals surface area contributed by atoms with E-state index in [9.17, 15) is 18.0 Å². The van der Waals surface area contributed by atoms with Crippen molar-refractivity contribution >= 4 is 73.9 Å². The maximum absolute atomic E-state index is 13.3. The summed E-state index contributed by atoms with van der Waals surface area (Å²) < 4.78 is 26.0. The zero-order valence-corrected chi connectivity index (χ0v) is 24.1. The Kier molecular flexibility index (Phi) is 11.6. The highest BCUT2D eigenvalue weighted by molar-refractivity contribution is 7.92. The lowest BCUT2D eigenvalue weighted by molar-refractivity contribution is -0.140. The molecule has 1 atom stereocenters. The maximum Gasteiger partial charge on any atom is 0.242 e. The highest BCUT2D eigenvalue weighted by atomic mass is 35.5. The van der Waals surface area contributed by atoms with E-state index in [2.05, 4.69) is 5.32 Å². The van der Waals surface area contributed by atoms with Crippen LogP contribution in [-0.2, 0) is 26.2 Å². The summed E-state index contributed by atoms with van der Waals surface area (Å²) in [5.41, 5.74) is 0.940. The van der Waals surface area contributed by atoms with Crippen LogP contribution in [0.15, 0.2) is 36.4 Å². The third-order valence-corrected chi connectivity index (χ3v) is 7.86. The molecule has 0 heterocycles. The van der Waals surface area contributed by atoms with Crippen molar-refractivity contribution in [1.82, 2.24) is 10.2 Å². The lowest BCUT2D eigenvalue weighted by Gasteiger charge is -2.29. The Morgan fingerprint density at radius 1 is 1.00 bits per heavy atom. The normalized spacial score (nSPS) is 12.2.